The van der Waals surface area contributed by atoms with Crippen LogP contribution < -0.4 is 14.8 Å². The molecule has 1 N–H and O–H groups in total. The van der Waals surface area contributed by atoms with Crippen molar-refractivity contribution in [3.8, 4) is 11.5 Å². The number of methoxy groups -OCH3 is 1. The first-order chi connectivity index (χ1) is 13.7. The standard InChI is InChI=1S/C17H13ClF2N2O7/c1-27-13-6-11(12(22(25)26)7-14(13)29-17(19)20)16(24)28-8-15(23)21-10-4-2-3-9(18)5-10/h2-7,17H,8H2,1H3,(H,21,23). The van der Waals surface area contributed by atoms with Gasteiger partial charge in [-0.25, -0.2) is 4.79 Å². The highest BCUT2D eigenvalue weighted by Crippen LogP contribution is 2.36. The molecule has 0 fully saturated rings. The largest absolute Gasteiger partial charge is 0.493 e. The molecule has 2 rings (SSSR count). The van der Waals surface area contributed by atoms with Gasteiger partial charge in [-0.2, -0.15) is 8.78 Å². The van der Waals surface area contributed by atoms with Gasteiger partial charge in [0.25, 0.3) is 11.6 Å². The van der Waals surface area contributed by atoms with Crippen molar-refractivity contribution >= 4 is 34.9 Å². The third-order valence-electron chi connectivity index (χ3n) is 3.36. The molecular weight excluding hydrogens is 418 g/mol. The third kappa shape index (κ3) is 6.01. The monoisotopic (exact) mass is 430 g/mol. The van der Waals surface area contributed by atoms with Crippen LogP contribution in [0.1, 0.15) is 10.4 Å². The second kappa shape index (κ2) is 9.64. The summed E-state index contributed by atoms with van der Waals surface area (Å²) in [5.74, 6) is -2.96. The Hall–Kier alpha value is -3.47. The van der Waals surface area contributed by atoms with Gasteiger partial charge in [-0.15, -0.1) is 0 Å². The molecule has 2 aromatic carbocycles. The average molecular weight is 431 g/mol. The smallest absolute Gasteiger partial charge is 0.387 e. The van der Waals surface area contributed by atoms with Crippen LogP contribution in [-0.2, 0) is 9.53 Å². The fraction of sp³-hybridized carbons (Fsp3) is 0.176. The van der Waals surface area contributed by atoms with Crippen LogP contribution in [0.4, 0.5) is 20.2 Å². The quantitative estimate of drug-likeness (QED) is 0.386. The summed E-state index contributed by atoms with van der Waals surface area (Å²) < 4.78 is 38.6. The molecule has 2 aromatic rings. The summed E-state index contributed by atoms with van der Waals surface area (Å²) in [5, 5.41) is 14.0. The van der Waals surface area contributed by atoms with E-state index in [-0.39, 0.29) is 5.75 Å². The van der Waals surface area contributed by atoms with Crippen molar-refractivity contribution < 1.29 is 37.5 Å². The predicted molar refractivity (Wildman–Crippen MR) is 96.6 cm³/mol. The summed E-state index contributed by atoms with van der Waals surface area (Å²) in [6, 6.07) is 7.59. The van der Waals surface area contributed by atoms with E-state index in [0.29, 0.717) is 16.8 Å². The highest BCUT2D eigenvalue weighted by atomic mass is 35.5. The van der Waals surface area contributed by atoms with Gasteiger partial charge in [0, 0.05) is 16.8 Å². The number of alkyl halides is 2. The summed E-state index contributed by atoms with van der Waals surface area (Å²) >= 11 is 5.79. The highest BCUT2D eigenvalue weighted by molar-refractivity contribution is 6.30. The van der Waals surface area contributed by atoms with Crippen molar-refractivity contribution in [2.75, 3.05) is 19.0 Å². The normalized spacial score (nSPS) is 10.4. The SMILES string of the molecule is COc1cc(C(=O)OCC(=O)Nc2cccc(Cl)c2)c([N+](=O)[O-])cc1OC(F)F. The van der Waals surface area contributed by atoms with E-state index in [2.05, 4.69) is 10.1 Å². The molecule has 1 amide bonds. The highest BCUT2D eigenvalue weighted by Gasteiger charge is 2.27. The number of hydrogen-bond donors (Lipinski definition) is 1. The molecule has 0 aliphatic heterocycles. The maximum atomic E-state index is 12.5. The number of nitro benzene ring substituents is 1. The van der Waals surface area contributed by atoms with Gasteiger partial charge in [-0.05, 0) is 18.2 Å². The lowest BCUT2D eigenvalue weighted by atomic mass is 10.1. The first-order valence-electron chi connectivity index (χ1n) is 7.75. The number of carbonyl (C=O) groups excluding carboxylic acids is 2. The fourth-order valence-electron chi connectivity index (χ4n) is 2.18. The fourth-order valence-corrected chi connectivity index (χ4v) is 2.37. The number of anilines is 1. The lowest BCUT2D eigenvalue weighted by Crippen LogP contribution is -2.21. The summed E-state index contributed by atoms with van der Waals surface area (Å²) in [6.07, 6.45) is 0. The van der Waals surface area contributed by atoms with Crippen molar-refractivity contribution in [2.24, 2.45) is 0 Å². The van der Waals surface area contributed by atoms with E-state index in [1.165, 1.54) is 6.07 Å². The lowest BCUT2D eigenvalue weighted by Gasteiger charge is -2.12. The minimum atomic E-state index is -3.27. The zero-order valence-corrected chi connectivity index (χ0v) is 15.4. The molecule has 154 valence electrons. The summed E-state index contributed by atoms with van der Waals surface area (Å²) in [4.78, 5) is 34.3. The molecule has 29 heavy (non-hydrogen) atoms. The molecule has 0 aliphatic rings. The molecule has 12 heteroatoms. The van der Waals surface area contributed by atoms with Gasteiger partial charge in [0.2, 0.25) is 0 Å². The lowest BCUT2D eigenvalue weighted by molar-refractivity contribution is -0.385. The van der Waals surface area contributed by atoms with Crippen molar-refractivity contribution in [1.29, 1.82) is 0 Å². The van der Waals surface area contributed by atoms with Gasteiger partial charge < -0.3 is 19.5 Å². The second-order valence-electron chi connectivity index (χ2n) is 5.29. The molecule has 0 radical (unpaired) electrons. The number of carbonyl (C=O) groups is 2. The summed E-state index contributed by atoms with van der Waals surface area (Å²) in [6.45, 7) is -4.03. The molecule has 0 atom stereocenters. The molecule has 0 bridgehead atoms. The van der Waals surface area contributed by atoms with Gasteiger partial charge in [0.15, 0.2) is 18.1 Å². The topological polar surface area (TPSA) is 117 Å². The molecule has 0 spiro atoms. The van der Waals surface area contributed by atoms with Crippen LogP contribution in [-0.4, -0.2) is 37.1 Å². The Morgan fingerprint density at radius 2 is 1.97 bits per heavy atom. The molecule has 0 aromatic heterocycles. The first-order valence-corrected chi connectivity index (χ1v) is 8.13. The minimum Gasteiger partial charge on any atom is -0.493 e. The Morgan fingerprint density at radius 3 is 2.55 bits per heavy atom. The maximum absolute atomic E-state index is 12.5. The van der Waals surface area contributed by atoms with E-state index < -0.39 is 47.0 Å². The van der Waals surface area contributed by atoms with Crippen molar-refractivity contribution in [2.45, 2.75) is 6.61 Å². The molecule has 0 aliphatic carbocycles. The Bertz CT molecular complexity index is 940. The zero-order valence-electron chi connectivity index (χ0n) is 14.7. The zero-order chi connectivity index (χ0) is 21.6. The van der Waals surface area contributed by atoms with E-state index in [9.17, 15) is 28.5 Å². The van der Waals surface area contributed by atoms with Gasteiger partial charge in [-0.1, -0.05) is 17.7 Å². The van der Waals surface area contributed by atoms with E-state index in [1.807, 2.05) is 0 Å². The summed E-state index contributed by atoms with van der Waals surface area (Å²) in [7, 11) is 1.09. The molecular formula is C17H13ClF2N2O7. The van der Waals surface area contributed by atoms with E-state index in [4.69, 9.17) is 21.1 Å². The second-order valence-corrected chi connectivity index (χ2v) is 5.73. The number of nitro groups is 1. The Labute approximate surface area is 167 Å². The van der Waals surface area contributed by atoms with Crippen LogP contribution in [0.3, 0.4) is 0 Å². The van der Waals surface area contributed by atoms with Crippen LogP contribution in [0, 0.1) is 10.1 Å². The Morgan fingerprint density at radius 1 is 1.24 bits per heavy atom. The first kappa shape index (κ1) is 21.8. The van der Waals surface area contributed by atoms with Crippen molar-refractivity contribution in [3.05, 3.63) is 57.1 Å². The number of nitrogens with zero attached hydrogens (tertiary/aromatic N) is 1. The molecule has 0 heterocycles. The number of ether oxygens (including phenoxy) is 3. The molecule has 0 saturated heterocycles. The van der Waals surface area contributed by atoms with E-state index in [1.54, 1.807) is 18.2 Å². The van der Waals surface area contributed by atoms with Gasteiger partial charge in [0.05, 0.1) is 18.1 Å². The van der Waals surface area contributed by atoms with Gasteiger partial charge in [0.1, 0.15) is 5.56 Å². The van der Waals surface area contributed by atoms with Gasteiger partial charge in [-0.3, -0.25) is 14.9 Å². The van der Waals surface area contributed by atoms with Crippen molar-refractivity contribution in [3.63, 3.8) is 0 Å². The molecule has 0 unspecified atom stereocenters. The third-order valence-corrected chi connectivity index (χ3v) is 3.59. The molecule has 0 saturated carbocycles. The van der Waals surface area contributed by atoms with Crippen molar-refractivity contribution in [1.82, 2.24) is 0 Å². The number of amides is 1. The molecule has 9 nitrogen and oxygen atoms in total. The number of rotatable bonds is 8. The number of hydrogen-bond acceptors (Lipinski definition) is 7. The Balaban J connectivity index is 2.16. The minimum absolute atomic E-state index is 0.347. The van der Waals surface area contributed by atoms with Crippen LogP contribution in [0.15, 0.2) is 36.4 Å². The summed E-state index contributed by atoms with van der Waals surface area (Å²) in [5.41, 5.74) is -1.12. The van der Waals surface area contributed by atoms with Crippen LogP contribution >= 0.6 is 11.6 Å². The number of halogens is 3. The number of benzene rings is 2. The predicted octanol–water partition coefficient (Wildman–Crippen LogP) is 3.65. The number of nitrogens with one attached hydrogen (secondary N) is 1. The van der Waals surface area contributed by atoms with E-state index in [0.717, 1.165) is 13.2 Å². The average Bonchev–Trinajstić information content (AvgIpc) is 2.65. The van der Waals surface area contributed by atoms with Crippen LogP contribution in [0.25, 0.3) is 0 Å². The van der Waals surface area contributed by atoms with Crippen LogP contribution in [0.5, 0.6) is 11.5 Å². The Kier molecular flexibility index (Phi) is 7.26. The van der Waals surface area contributed by atoms with Gasteiger partial charge >= 0.3 is 12.6 Å². The van der Waals surface area contributed by atoms with E-state index >= 15 is 0 Å². The number of esters is 1. The maximum Gasteiger partial charge on any atom is 0.387 e. The van der Waals surface area contributed by atoms with Crippen LogP contribution in [0.2, 0.25) is 5.02 Å².